The molecule has 0 saturated carbocycles. The molecule has 3 rings (SSSR count). The summed E-state index contributed by atoms with van der Waals surface area (Å²) < 4.78 is 32.9. The molecule has 6 N–H and O–H groups in total. The Morgan fingerprint density at radius 1 is 1.10 bits per heavy atom. The molecule has 0 unspecified atom stereocenters. The van der Waals surface area contributed by atoms with Crippen LogP contribution in [-0.2, 0) is 26.0 Å². The van der Waals surface area contributed by atoms with Gasteiger partial charge in [-0.25, -0.2) is 13.2 Å². The standard InChI is InChI=1S/C29H41N5O6S/c1-20(2)18-34(41(38,39)24-13-11-22(30)12-14-24)23(19-35)8-6-7-15-31-28(36)27(33-29(37)40-3)16-21-17-32-26-10-5-4-9-25(21)26/h4-5,9-14,17,20,23,27,32,35H,6-8,15-16,18-19,30H2,1-3H3,(H,31,36)(H,33,37)/t23-,27-/m0/s1. The van der Waals surface area contributed by atoms with Crippen LogP contribution in [0.5, 0.6) is 0 Å². The third kappa shape index (κ3) is 8.69. The minimum atomic E-state index is -3.85. The van der Waals surface area contributed by atoms with Crippen LogP contribution in [0.1, 0.15) is 38.7 Å². The minimum Gasteiger partial charge on any atom is -0.453 e. The van der Waals surface area contributed by atoms with Crippen molar-refractivity contribution in [1.29, 1.82) is 0 Å². The number of nitrogen functional groups attached to an aromatic ring is 1. The van der Waals surface area contributed by atoms with Gasteiger partial charge in [-0.1, -0.05) is 38.5 Å². The van der Waals surface area contributed by atoms with Crippen molar-refractivity contribution in [1.82, 2.24) is 19.9 Å². The number of aliphatic hydroxyl groups is 1. The minimum absolute atomic E-state index is 0.0447. The number of para-hydroxylation sites is 1. The summed E-state index contributed by atoms with van der Waals surface area (Å²) in [6.07, 6.45) is 2.91. The van der Waals surface area contributed by atoms with Crippen LogP contribution >= 0.6 is 0 Å². The fourth-order valence-electron chi connectivity index (χ4n) is 4.68. The zero-order valence-electron chi connectivity index (χ0n) is 23.8. The number of unbranched alkanes of at least 4 members (excludes halogenated alkanes) is 1. The quantitative estimate of drug-likeness (QED) is 0.135. The number of methoxy groups -OCH3 is 1. The number of fused-ring (bicyclic) bond motifs is 1. The summed E-state index contributed by atoms with van der Waals surface area (Å²) in [6, 6.07) is 12.3. The number of nitrogens with zero attached hydrogens (tertiary/aromatic N) is 1. The summed E-state index contributed by atoms with van der Waals surface area (Å²) in [7, 11) is -2.61. The van der Waals surface area contributed by atoms with Crippen molar-refractivity contribution in [2.45, 2.75) is 56.5 Å². The molecule has 0 aliphatic carbocycles. The second-order valence-corrected chi connectivity index (χ2v) is 12.3. The molecule has 2 aromatic carbocycles. The van der Waals surface area contributed by atoms with E-state index in [0.29, 0.717) is 31.5 Å². The lowest BCUT2D eigenvalue weighted by molar-refractivity contribution is -0.123. The number of anilines is 1. The third-order valence-corrected chi connectivity index (χ3v) is 8.74. The van der Waals surface area contributed by atoms with Crippen molar-refractivity contribution in [2.75, 3.05) is 32.5 Å². The van der Waals surface area contributed by atoms with Gasteiger partial charge in [0.2, 0.25) is 15.9 Å². The molecule has 0 aliphatic rings. The molecule has 0 aliphatic heterocycles. The Balaban J connectivity index is 1.59. The van der Waals surface area contributed by atoms with Gasteiger partial charge in [-0.05, 0) is 54.7 Å². The maximum absolute atomic E-state index is 13.4. The Morgan fingerprint density at radius 3 is 2.46 bits per heavy atom. The van der Waals surface area contributed by atoms with Crippen LogP contribution in [0.15, 0.2) is 59.6 Å². The second-order valence-electron chi connectivity index (χ2n) is 10.4. The van der Waals surface area contributed by atoms with E-state index >= 15 is 0 Å². The molecular weight excluding hydrogens is 546 g/mol. The molecule has 41 heavy (non-hydrogen) atoms. The van der Waals surface area contributed by atoms with Gasteiger partial charge >= 0.3 is 6.09 Å². The van der Waals surface area contributed by atoms with Crippen molar-refractivity contribution in [3.8, 4) is 0 Å². The fourth-order valence-corrected chi connectivity index (χ4v) is 6.49. The molecule has 3 aromatic rings. The zero-order chi connectivity index (χ0) is 30.0. The topological polar surface area (TPSA) is 167 Å². The van der Waals surface area contributed by atoms with Gasteiger partial charge in [-0.3, -0.25) is 4.79 Å². The summed E-state index contributed by atoms with van der Waals surface area (Å²) >= 11 is 0. The van der Waals surface area contributed by atoms with Gasteiger partial charge in [-0.2, -0.15) is 4.31 Å². The summed E-state index contributed by atoms with van der Waals surface area (Å²) in [5, 5.41) is 16.6. The van der Waals surface area contributed by atoms with E-state index in [1.165, 1.54) is 35.7 Å². The summed E-state index contributed by atoms with van der Waals surface area (Å²) in [5.41, 5.74) is 8.01. The highest BCUT2D eigenvalue weighted by molar-refractivity contribution is 7.89. The Kier molecular flexibility index (Phi) is 11.6. The van der Waals surface area contributed by atoms with Crippen molar-refractivity contribution in [3.63, 3.8) is 0 Å². The molecule has 0 fully saturated rings. The number of sulfonamides is 1. The van der Waals surface area contributed by atoms with Crippen LogP contribution in [0.3, 0.4) is 0 Å². The number of benzene rings is 2. The first kappa shape index (κ1) is 31.9. The van der Waals surface area contributed by atoms with Gasteiger partial charge in [0, 0.05) is 48.3 Å². The van der Waals surface area contributed by atoms with Crippen LogP contribution in [0, 0.1) is 5.92 Å². The van der Waals surface area contributed by atoms with Crippen LogP contribution in [-0.4, -0.2) is 73.7 Å². The molecule has 224 valence electrons. The monoisotopic (exact) mass is 587 g/mol. The smallest absolute Gasteiger partial charge is 0.407 e. The largest absolute Gasteiger partial charge is 0.453 e. The van der Waals surface area contributed by atoms with Crippen LogP contribution in [0.25, 0.3) is 10.9 Å². The van der Waals surface area contributed by atoms with Crippen LogP contribution in [0.2, 0.25) is 0 Å². The number of hydrogen-bond acceptors (Lipinski definition) is 7. The number of carbonyl (C=O) groups is 2. The fraction of sp³-hybridized carbons (Fsp3) is 0.448. The summed E-state index contributed by atoms with van der Waals surface area (Å²) in [5.74, 6) is -0.310. The number of hydrogen-bond donors (Lipinski definition) is 5. The molecule has 2 amide bonds. The van der Waals surface area contributed by atoms with E-state index in [9.17, 15) is 23.1 Å². The number of H-pyrrole nitrogens is 1. The number of nitrogens with two attached hydrogens (primary N) is 1. The van der Waals surface area contributed by atoms with E-state index in [0.717, 1.165) is 16.5 Å². The average Bonchev–Trinajstić information content (AvgIpc) is 3.36. The van der Waals surface area contributed by atoms with E-state index in [-0.39, 0.29) is 36.3 Å². The van der Waals surface area contributed by atoms with Gasteiger partial charge in [0.05, 0.1) is 18.6 Å². The number of amides is 2. The number of carbonyl (C=O) groups excluding carboxylic acids is 2. The first-order chi connectivity index (χ1) is 19.6. The maximum Gasteiger partial charge on any atom is 0.407 e. The van der Waals surface area contributed by atoms with E-state index in [1.54, 1.807) is 0 Å². The molecule has 0 radical (unpaired) electrons. The lowest BCUT2D eigenvalue weighted by Crippen LogP contribution is -2.48. The predicted octanol–water partition coefficient (Wildman–Crippen LogP) is 3.01. The van der Waals surface area contributed by atoms with Gasteiger partial charge in [0.25, 0.3) is 0 Å². The SMILES string of the molecule is COC(=O)N[C@@H](Cc1c[nH]c2ccccc12)C(=O)NCCCC[C@@H](CO)N(CC(C)C)S(=O)(=O)c1ccc(N)cc1. The Morgan fingerprint density at radius 2 is 1.80 bits per heavy atom. The van der Waals surface area contributed by atoms with E-state index in [1.807, 2.05) is 44.3 Å². The Bertz CT molecular complexity index is 1390. The highest BCUT2D eigenvalue weighted by Crippen LogP contribution is 2.23. The number of alkyl carbamates (subject to hydrolysis) is 1. The Labute approximate surface area is 241 Å². The molecule has 0 saturated heterocycles. The molecule has 1 aromatic heterocycles. The van der Waals surface area contributed by atoms with Crippen molar-refractivity contribution in [2.24, 2.45) is 5.92 Å². The van der Waals surface area contributed by atoms with Crippen LogP contribution in [0.4, 0.5) is 10.5 Å². The number of nitrogens with one attached hydrogen (secondary N) is 3. The van der Waals surface area contributed by atoms with Crippen molar-refractivity contribution < 1.29 is 27.9 Å². The number of aliphatic hydroxyl groups excluding tert-OH is 1. The molecule has 2 atom stereocenters. The number of ether oxygens (including phenoxy) is 1. The summed E-state index contributed by atoms with van der Waals surface area (Å²) in [4.78, 5) is 28.3. The number of aromatic nitrogens is 1. The van der Waals surface area contributed by atoms with Crippen molar-refractivity contribution >= 4 is 38.6 Å². The first-order valence-electron chi connectivity index (χ1n) is 13.7. The molecular formula is C29H41N5O6S. The van der Waals surface area contributed by atoms with Gasteiger partial charge in [0.1, 0.15) is 6.04 Å². The van der Waals surface area contributed by atoms with Crippen LogP contribution < -0.4 is 16.4 Å². The number of aromatic amines is 1. The second kappa shape index (κ2) is 14.9. The van der Waals surface area contributed by atoms with E-state index < -0.39 is 28.2 Å². The molecule has 0 spiro atoms. The normalized spacial score (nSPS) is 13.3. The zero-order valence-corrected chi connectivity index (χ0v) is 24.6. The lowest BCUT2D eigenvalue weighted by atomic mass is 10.0. The summed E-state index contributed by atoms with van der Waals surface area (Å²) in [6.45, 7) is 4.08. The molecule has 0 bridgehead atoms. The van der Waals surface area contributed by atoms with Gasteiger partial charge in [-0.15, -0.1) is 0 Å². The average molecular weight is 588 g/mol. The number of rotatable bonds is 15. The highest BCUT2D eigenvalue weighted by Gasteiger charge is 2.31. The van der Waals surface area contributed by atoms with Crippen molar-refractivity contribution in [3.05, 3.63) is 60.3 Å². The first-order valence-corrected chi connectivity index (χ1v) is 15.2. The third-order valence-electron chi connectivity index (χ3n) is 6.81. The molecule has 1 heterocycles. The van der Waals surface area contributed by atoms with E-state index in [2.05, 4.69) is 15.6 Å². The van der Waals surface area contributed by atoms with Gasteiger partial charge < -0.3 is 31.2 Å². The van der Waals surface area contributed by atoms with Gasteiger partial charge in [0.15, 0.2) is 0 Å². The molecule has 11 nitrogen and oxygen atoms in total. The highest BCUT2D eigenvalue weighted by atomic mass is 32.2. The lowest BCUT2D eigenvalue weighted by Gasteiger charge is -2.31. The Hall–Kier alpha value is -3.61. The molecule has 12 heteroatoms. The maximum atomic E-state index is 13.4. The van der Waals surface area contributed by atoms with E-state index in [4.69, 9.17) is 10.5 Å². The predicted molar refractivity (Wildman–Crippen MR) is 159 cm³/mol.